The molecule has 9 heteroatoms. The Balaban J connectivity index is 1.69. The molecule has 1 aromatic heterocycles. The van der Waals surface area contributed by atoms with Gasteiger partial charge < -0.3 is 15.0 Å². The van der Waals surface area contributed by atoms with Gasteiger partial charge in [-0.25, -0.2) is 8.42 Å². The van der Waals surface area contributed by atoms with Gasteiger partial charge in [0.05, 0.1) is 17.7 Å². The largest absolute Gasteiger partial charge is 0.497 e. The summed E-state index contributed by atoms with van der Waals surface area (Å²) >= 11 is 0. The van der Waals surface area contributed by atoms with E-state index in [1.54, 1.807) is 37.4 Å². The van der Waals surface area contributed by atoms with Gasteiger partial charge in [-0.05, 0) is 71.8 Å². The zero-order valence-electron chi connectivity index (χ0n) is 24.1. The number of rotatable bonds is 11. The topological polar surface area (TPSA) is 117 Å². The number of hydrogen-bond acceptors (Lipinski definition) is 5. The number of fused-ring (bicyclic) bond motifs is 1. The number of benzene rings is 3. The Kier molecular flexibility index (Phi) is 8.87. The number of methoxy groups -OCH3 is 1. The van der Waals surface area contributed by atoms with Gasteiger partial charge in [0.2, 0.25) is 5.91 Å². The highest BCUT2D eigenvalue weighted by molar-refractivity contribution is 7.92. The number of ether oxygens (including phenoxy) is 1. The number of H-pyrrole nitrogens is 1. The van der Waals surface area contributed by atoms with Crippen molar-refractivity contribution in [2.75, 3.05) is 18.4 Å². The van der Waals surface area contributed by atoms with Crippen LogP contribution in [0.2, 0.25) is 0 Å². The van der Waals surface area contributed by atoms with Crippen molar-refractivity contribution in [1.29, 1.82) is 0 Å². The van der Waals surface area contributed by atoms with Crippen molar-refractivity contribution in [3.8, 4) is 16.9 Å². The highest BCUT2D eigenvalue weighted by Crippen LogP contribution is 2.37. The molecule has 0 aliphatic heterocycles. The number of unbranched alkanes of at least 4 members (excludes halogenated alkanes) is 1. The quantitative estimate of drug-likeness (QED) is 0.141. The standard InChI is InChI=1S/C32H37N3O5S/c1-21(36)33-18-7-6-11-29(37)31-30(22-9-8-10-25(19-22)40-5)27-20-24(14-17-28(27)34-31)35-41(38,39)26-15-12-23(13-16-26)32(2,3)4/h8-10,12-17,19-20,34-35H,6-7,11,18H2,1-5H3,(H,33,36). The fourth-order valence-corrected chi connectivity index (χ4v) is 5.74. The van der Waals surface area contributed by atoms with Gasteiger partial charge in [0.25, 0.3) is 10.0 Å². The maximum atomic E-state index is 13.4. The van der Waals surface area contributed by atoms with Gasteiger partial charge in [-0.3, -0.25) is 14.3 Å². The van der Waals surface area contributed by atoms with Gasteiger partial charge in [0.1, 0.15) is 5.75 Å². The third kappa shape index (κ3) is 7.16. The summed E-state index contributed by atoms with van der Waals surface area (Å²) in [6, 6.07) is 19.5. The van der Waals surface area contributed by atoms with E-state index in [9.17, 15) is 18.0 Å². The Labute approximate surface area is 241 Å². The number of carbonyl (C=O) groups excluding carboxylic acids is 2. The number of hydrogen-bond donors (Lipinski definition) is 3. The molecule has 0 saturated carbocycles. The number of aromatic amines is 1. The molecule has 0 saturated heterocycles. The number of sulfonamides is 1. The first kappa shape index (κ1) is 29.9. The summed E-state index contributed by atoms with van der Waals surface area (Å²) in [5, 5.41) is 3.46. The van der Waals surface area contributed by atoms with Crippen LogP contribution in [0.1, 0.15) is 63.0 Å². The number of carbonyl (C=O) groups is 2. The SMILES string of the molecule is COc1cccc(-c2c(C(=O)CCCCNC(C)=O)[nH]c3ccc(NS(=O)(=O)c4ccc(C(C)(C)C)cc4)cc23)c1. The van der Waals surface area contributed by atoms with Gasteiger partial charge in [-0.2, -0.15) is 0 Å². The van der Waals surface area contributed by atoms with Crippen molar-refractivity contribution in [3.05, 3.63) is 78.0 Å². The van der Waals surface area contributed by atoms with Crippen molar-refractivity contribution < 1.29 is 22.7 Å². The Morgan fingerprint density at radius 2 is 1.68 bits per heavy atom. The van der Waals surface area contributed by atoms with Crippen molar-refractivity contribution in [2.45, 2.75) is 57.3 Å². The van der Waals surface area contributed by atoms with Crippen LogP contribution >= 0.6 is 0 Å². The second-order valence-corrected chi connectivity index (χ2v) is 12.8. The molecule has 41 heavy (non-hydrogen) atoms. The third-order valence-corrected chi connectivity index (χ3v) is 8.32. The van der Waals surface area contributed by atoms with Crippen LogP contribution in [0.25, 0.3) is 22.0 Å². The molecule has 3 N–H and O–H groups in total. The van der Waals surface area contributed by atoms with E-state index < -0.39 is 10.0 Å². The van der Waals surface area contributed by atoms with Gasteiger partial charge in [0.15, 0.2) is 5.78 Å². The Hall–Kier alpha value is -4.11. The summed E-state index contributed by atoms with van der Waals surface area (Å²) in [7, 11) is -2.26. The van der Waals surface area contributed by atoms with Crippen LogP contribution in [-0.2, 0) is 20.2 Å². The molecular formula is C32H37N3O5S. The van der Waals surface area contributed by atoms with E-state index in [1.807, 2.05) is 36.4 Å². The number of anilines is 1. The van der Waals surface area contributed by atoms with Crippen molar-refractivity contribution in [1.82, 2.24) is 10.3 Å². The van der Waals surface area contributed by atoms with E-state index in [0.717, 1.165) is 11.1 Å². The van der Waals surface area contributed by atoms with Gasteiger partial charge in [-0.1, -0.05) is 45.0 Å². The highest BCUT2D eigenvalue weighted by atomic mass is 32.2. The smallest absolute Gasteiger partial charge is 0.261 e. The fourth-order valence-electron chi connectivity index (χ4n) is 4.69. The molecule has 0 fully saturated rings. The molecule has 0 aliphatic carbocycles. The minimum Gasteiger partial charge on any atom is -0.497 e. The Morgan fingerprint density at radius 1 is 0.951 bits per heavy atom. The van der Waals surface area contributed by atoms with E-state index in [1.165, 1.54) is 6.92 Å². The lowest BCUT2D eigenvalue weighted by molar-refractivity contribution is -0.118. The Bertz CT molecular complexity index is 1670. The predicted octanol–water partition coefficient (Wildman–Crippen LogP) is 6.43. The normalized spacial score (nSPS) is 11.8. The van der Waals surface area contributed by atoms with Gasteiger partial charge in [-0.15, -0.1) is 0 Å². The third-order valence-electron chi connectivity index (χ3n) is 6.92. The van der Waals surface area contributed by atoms with Crippen LogP contribution in [0.15, 0.2) is 71.6 Å². The minimum atomic E-state index is -3.84. The van der Waals surface area contributed by atoms with Crippen LogP contribution < -0.4 is 14.8 Å². The van der Waals surface area contributed by atoms with Crippen LogP contribution in [0.4, 0.5) is 5.69 Å². The summed E-state index contributed by atoms with van der Waals surface area (Å²) < 4.78 is 34.6. The average Bonchev–Trinajstić information content (AvgIpc) is 3.31. The maximum Gasteiger partial charge on any atom is 0.261 e. The average molecular weight is 576 g/mol. The van der Waals surface area contributed by atoms with E-state index in [-0.39, 0.29) is 22.0 Å². The van der Waals surface area contributed by atoms with E-state index in [0.29, 0.717) is 59.4 Å². The molecule has 8 nitrogen and oxygen atoms in total. The monoisotopic (exact) mass is 575 g/mol. The number of aromatic nitrogens is 1. The molecule has 0 radical (unpaired) electrons. The van der Waals surface area contributed by atoms with E-state index >= 15 is 0 Å². The lowest BCUT2D eigenvalue weighted by Crippen LogP contribution is -2.20. The van der Waals surface area contributed by atoms with Gasteiger partial charge in [0, 0.05) is 42.0 Å². The van der Waals surface area contributed by atoms with Crippen LogP contribution in [0.5, 0.6) is 5.75 Å². The molecule has 0 atom stereocenters. The molecule has 216 valence electrons. The zero-order valence-corrected chi connectivity index (χ0v) is 24.9. The lowest BCUT2D eigenvalue weighted by Gasteiger charge is -2.19. The van der Waals surface area contributed by atoms with Crippen LogP contribution in [0, 0.1) is 0 Å². The van der Waals surface area contributed by atoms with E-state index in [4.69, 9.17) is 4.74 Å². The molecule has 3 aromatic carbocycles. The molecule has 0 unspecified atom stereocenters. The van der Waals surface area contributed by atoms with Crippen LogP contribution in [0.3, 0.4) is 0 Å². The summed E-state index contributed by atoms with van der Waals surface area (Å²) in [6.45, 7) is 8.20. The first-order chi connectivity index (χ1) is 19.4. The van der Waals surface area contributed by atoms with Gasteiger partial charge >= 0.3 is 0 Å². The predicted molar refractivity (Wildman–Crippen MR) is 163 cm³/mol. The molecule has 1 amide bonds. The number of ketones is 1. The molecule has 4 aromatic rings. The number of amides is 1. The number of Topliss-reactive ketones (excluding diaryl/α,β-unsaturated/α-hetero) is 1. The fraction of sp³-hybridized carbons (Fsp3) is 0.312. The molecule has 1 heterocycles. The highest BCUT2D eigenvalue weighted by Gasteiger charge is 2.22. The zero-order chi connectivity index (χ0) is 29.8. The molecular weight excluding hydrogens is 538 g/mol. The summed E-state index contributed by atoms with van der Waals surface area (Å²) in [6.07, 6.45) is 1.60. The molecule has 4 rings (SSSR count). The summed E-state index contributed by atoms with van der Waals surface area (Å²) in [4.78, 5) is 28.0. The lowest BCUT2D eigenvalue weighted by atomic mass is 9.87. The molecule has 0 spiro atoms. The van der Waals surface area contributed by atoms with Crippen LogP contribution in [-0.4, -0.2) is 38.7 Å². The van der Waals surface area contributed by atoms with Crippen molar-refractivity contribution in [3.63, 3.8) is 0 Å². The van der Waals surface area contributed by atoms with Crippen molar-refractivity contribution in [2.24, 2.45) is 0 Å². The first-order valence-electron chi connectivity index (χ1n) is 13.6. The number of nitrogens with one attached hydrogen (secondary N) is 3. The minimum absolute atomic E-state index is 0.0667. The van der Waals surface area contributed by atoms with Crippen molar-refractivity contribution >= 4 is 38.3 Å². The second-order valence-electron chi connectivity index (χ2n) is 11.1. The van der Waals surface area contributed by atoms with E-state index in [2.05, 4.69) is 35.8 Å². The first-order valence-corrected chi connectivity index (χ1v) is 15.1. The molecule has 0 bridgehead atoms. The molecule has 0 aliphatic rings. The summed E-state index contributed by atoms with van der Waals surface area (Å²) in [5.74, 6) is 0.477. The Morgan fingerprint density at radius 3 is 2.34 bits per heavy atom. The summed E-state index contributed by atoms with van der Waals surface area (Å²) in [5.41, 5.74) is 3.95. The maximum absolute atomic E-state index is 13.4. The second kappa shape index (κ2) is 12.2.